The van der Waals surface area contributed by atoms with Crippen LogP contribution in [0.15, 0.2) is 52.4 Å². The van der Waals surface area contributed by atoms with Crippen molar-refractivity contribution in [2.24, 2.45) is 19.3 Å². The highest BCUT2D eigenvalue weighted by atomic mass is 19.4. The van der Waals surface area contributed by atoms with Gasteiger partial charge in [-0.25, -0.2) is 14.3 Å². The van der Waals surface area contributed by atoms with Gasteiger partial charge in [0.2, 0.25) is 0 Å². The molecule has 0 saturated carbocycles. The molecule has 0 aliphatic rings. The summed E-state index contributed by atoms with van der Waals surface area (Å²) >= 11 is 0. The first kappa shape index (κ1) is 22.3. The minimum Gasteiger partial charge on any atom is -0.493 e. The van der Waals surface area contributed by atoms with Crippen molar-refractivity contribution in [1.29, 1.82) is 0 Å². The summed E-state index contributed by atoms with van der Waals surface area (Å²) in [6.45, 7) is 3.77. The van der Waals surface area contributed by atoms with Gasteiger partial charge in [0.25, 0.3) is 0 Å². The van der Waals surface area contributed by atoms with Crippen molar-refractivity contribution in [3.8, 4) is 11.4 Å². The van der Waals surface area contributed by atoms with Gasteiger partial charge in [-0.05, 0) is 43.7 Å². The van der Waals surface area contributed by atoms with Crippen molar-refractivity contribution in [2.75, 3.05) is 6.61 Å². The van der Waals surface area contributed by atoms with Crippen molar-refractivity contribution in [1.82, 2.24) is 14.2 Å². The summed E-state index contributed by atoms with van der Waals surface area (Å²) < 4.78 is 47.4. The molecule has 0 spiro atoms. The number of oxime groups is 1. The SMILES string of the molecule is CCOc1cccc(-n2c(=O)n(C)n2C)c1CO/N=C(\C)c1cccc(C(F)(F)F)c1. The summed E-state index contributed by atoms with van der Waals surface area (Å²) in [5.41, 5.74) is 0.778. The Hall–Kier alpha value is -3.43. The molecule has 1 heterocycles. The van der Waals surface area contributed by atoms with E-state index in [4.69, 9.17) is 9.57 Å². The molecular weight excluding hydrogens is 413 g/mol. The van der Waals surface area contributed by atoms with Crippen LogP contribution in [-0.4, -0.2) is 26.5 Å². The summed E-state index contributed by atoms with van der Waals surface area (Å²) in [5, 5.41) is 3.98. The fourth-order valence-electron chi connectivity index (χ4n) is 3.10. The maximum absolute atomic E-state index is 12.9. The minimum atomic E-state index is -4.44. The normalized spacial score (nSPS) is 12.3. The molecule has 0 N–H and O–H groups in total. The summed E-state index contributed by atoms with van der Waals surface area (Å²) in [6, 6.07) is 10.1. The van der Waals surface area contributed by atoms with Gasteiger partial charge in [0.05, 0.1) is 29.1 Å². The average Bonchev–Trinajstić information content (AvgIpc) is 2.74. The van der Waals surface area contributed by atoms with E-state index in [-0.39, 0.29) is 12.3 Å². The number of alkyl halides is 3. The molecule has 3 aromatic rings. The number of hydrogen-bond acceptors (Lipinski definition) is 4. The monoisotopic (exact) mass is 436 g/mol. The molecule has 31 heavy (non-hydrogen) atoms. The lowest BCUT2D eigenvalue weighted by atomic mass is 10.1. The van der Waals surface area contributed by atoms with Crippen LogP contribution in [0.5, 0.6) is 5.75 Å². The molecule has 0 saturated heterocycles. The topological polar surface area (TPSA) is 62.7 Å². The van der Waals surface area contributed by atoms with E-state index >= 15 is 0 Å². The molecule has 0 amide bonds. The van der Waals surface area contributed by atoms with Crippen LogP contribution >= 0.6 is 0 Å². The number of aromatic nitrogens is 3. The zero-order valence-electron chi connectivity index (χ0n) is 17.6. The summed E-state index contributed by atoms with van der Waals surface area (Å²) in [4.78, 5) is 19.4. The van der Waals surface area contributed by atoms with Crippen LogP contribution in [0.1, 0.15) is 30.5 Å². The summed E-state index contributed by atoms with van der Waals surface area (Å²) in [7, 11) is 3.37. The van der Waals surface area contributed by atoms with Crippen molar-refractivity contribution in [2.45, 2.75) is 26.6 Å². The zero-order chi connectivity index (χ0) is 22.8. The van der Waals surface area contributed by atoms with E-state index < -0.39 is 11.7 Å². The van der Waals surface area contributed by atoms with E-state index in [0.29, 0.717) is 34.9 Å². The van der Waals surface area contributed by atoms with E-state index in [1.165, 1.54) is 21.5 Å². The molecule has 0 aliphatic heterocycles. The maximum atomic E-state index is 12.9. The highest BCUT2D eigenvalue weighted by Crippen LogP contribution is 2.30. The Morgan fingerprint density at radius 1 is 1.13 bits per heavy atom. The van der Waals surface area contributed by atoms with Crippen LogP contribution in [0.2, 0.25) is 0 Å². The van der Waals surface area contributed by atoms with Gasteiger partial charge in [0.15, 0.2) is 0 Å². The van der Waals surface area contributed by atoms with Gasteiger partial charge in [0, 0.05) is 14.1 Å². The van der Waals surface area contributed by atoms with Crippen molar-refractivity contribution >= 4 is 5.71 Å². The van der Waals surface area contributed by atoms with Gasteiger partial charge in [0.1, 0.15) is 12.4 Å². The van der Waals surface area contributed by atoms with E-state index in [1.807, 2.05) is 6.92 Å². The average molecular weight is 436 g/mol. The quantitative estimate of drug-likeness (QED) is 0.417. The Bertz CT molecular complexity index is 1160. The molecule has 1 aromatic heterocycles. The van der Waals surface area contributed by atoms with Crippen LogP contribution in [0.3, 0.4) is 0 Å². The number of ether oxygens (including phenoxy) is 1. The Balaban J connectivity index is 1.89. The minimum absolute atomic E-state index is 0.0385. The smallest absolute Gasteiger partial charge is 0.416 e. The van der Waals surface area contributed by atoms with Crippen LogP contribution in [0.25, 0.3) is 5.69 Å². The first-order valence-electron chi connectivity index (χ1n) is 9.55. The van der Waals surface area contributed by atoms with Gasteiger partial charge < -0.3 is 9.57 Å². The van der Waals surface area contributed by atoms with Crippen LogP contribution < -0.4 is 10.4 Å². The highest BCUT2D eigenvalue weighted by molar-refractivity contribution is 5.98. The van der Waals surface area contributed by atoms with Gasteiger partial charge in [-0.1, -0.05) is 23.4 Å². The van der Waals surface area contributed by atoms with Gasteiger partial charge in [-0.3, -0.25) is 0 Å². The van der Waals surface area contributed by atoms with Gasteiger partial charge in [-0.2, -0.15) is 17.9 Å². The molecule has 166 valence electrons. The van der Waals surface area contributed by atoms with Crippen molar-refractivity contribution < 1.29 is 22.7 Å². The van der Waals surface area contributed by atoms with Gasteiger partial charge >= 0.3 is 11.9 Å². The third-order valence-electron chi connectivity index (χ3n) is 4.84. The molecule has 2 aromatic carbocycles. The number of halogens is 3. The van der Waals surface area contributed by atoms with Gasteiger partial charge in [-0.15, -0.1) is 0 Å². The largest absolute Gasteiger partial charge is 0.493 e. The van der Waals surface area contributed by atoms with E-state index in [1.54, 1.807) is 44.0 Å². The molecule has 7 nitrogen and oxygen atoms in total. The molecule has 3 rings (SSSR count). The van der Waals surface area contributed by atoms with E-state index in [2.05, 4.69) is 5.16 Å². The molecular formula is C21H23F3N4O3. The molecule has 0 atom stereocenters. The standard InChI is InChI=1S/C21H23F3N4O3/c1-5-30-19-11-7-10-18(28-20(29)26(3)27(28)4)17(19)13-31-25-14(2)15-8-6-9-16(12-15)21(22,23)24/h6-12H,5,13H2,1-4H3/b25-14+. The number of benzene rings is 2. The highest BCUT2D eigenvalue weighted by Gasteiger charge is 2.30. The molecule has 0 unspecified atom stereocenters. The third-order valence-corrected chi connectivity index (χ3v) is 4.84. The number of nitrogens with zero attached hydrogens (tertiary/aromatic N) is 4. The fourth-order valence-corrected chi connectivity index (χ4v) is 3.10. The lowest BCUT2D eigenvalue weighted by molar-refractivity contribution is -0.137. The lowest BCUT2D eigenvalue weighted by Gasteiger charge is -2.24. The molecule has 0 radical (unpaired) electrons. The third kappa shape index (κ3) is 4.52. The van der Waals surface area contributed by atoms with Crippen LogP contribution in [-0.2, 0) is 31.7 Å². The predicted octanol–water partition coefficient (Wildman–Crippen LogP) is 3.87. The second-order valence-corrected chi connectivity index (χ2v) is 6.82. The Kier molecular flexibility index (Phi) is 6.28. The summed E-state index contributed by atoms with van der Waals surface area (Å²) in [5.74, 6) is 0.530. The maximum Gasteiger partial charge on any atom is 0.416 e. The second kappa shape index (κ2) is 8.75. The zero-order valence-corrected chi connectivity index (χ0v) is 17.6. The molecule has 0 bridgehead atoms. The predicted molar refractivity (Wildman–Crippen MR) is 110 cm³/mol. The summed E-state index contributed by atoms with van der Waals surface area (Å²) in [6.07, 6.45) is -4.44. The Labute approximate surface area is 176 Å². The number of hydrogen-bond donors (Lipinski definition) is 0. The van der Waals surface area contributed by atoms with Crippen LogP contribution in [0.4, 0.5) is 13.2 Å². The molecule has 0 fully saturated rings. The second-order valence-electron chi connectivity index (χ2n) is 6.82. The van der Waals surface area contributed by atoms with E-state index in [9.17, 15) is 18.0 Å². The lowest BCUT2D eigenvalue weighted by Crippen LogP contribution is -2.47. The van der Waals surface area contributed by atoms with Crippen molar-refractivity contribution in [3.05, 3.63) is 69.6 Å². The molecule has 10 heteroatoms. The van der Waals surface area contributed by atoms with Crippen LogP contribution in [0, 0.1) is 0 Å². The first-order chi connectivity index (χ1) is 14.6. The van der Waals surface area contributed by atoms with Crippen molar-refractivity contribution in [3.63, 3.8) is 0 Å². The molecule has 0 aliphatic carbocycles. The van der Waals surface area contributed by atoms with E-state index in [0.717, 1.165) is 12.1 Å². The first-order valence-corrected chi connectivity index (χ1v) is 9.55. The fraction of sp³-hybridized carbons (Fsp3) is 0.333. The Morgan fingerprint density at radius 3 is 2.48 bits per heavy atom. The Morgan fingerprint density at radius 2 is 1.84 bits per heavy atom. The number of rotatable bonds is 7.